The SMILES string of the molecule is O=C(Nc1nc(-c2ccccc2)ns1)C1(c2ccccc2)CC1. The second-order valence-electron chi connectivity index (χ2n) is 5.69. The molecule has 1 N–H and O–H groups in total. The predicted octanol–water partition coefficient (Wildman–Crippen LogP) is 3.88. The van der Waals surface area contributed by atoms with Crippen molar-refractivity contribution in [2.45, 2.75) is 18.3 Å². The fraction of sp³-hybridized carbons (Fsp3) is 0.167. The highest BCUT2D eigenvalue weighted by Gasteiger charge is 2.51. The summed E-state index contributed by atoms with van der Waals surface area (Å²) in [5.41, 5.74) is 1.64. The molecule has 1 amide bonds. The Balaban J connectivity index is 1.53. The Morgan fingerprint density at radius 1 is 1.00 bits per heavy atom. The van der Waals surface area contributed by atoms with E-state index in [1.54, 1.807) is 0 Å². The van der Waals surface area contributed by atoms with Gasteiger partial charge in [0.25, 0.3) is 0 Å². The molecule has 0 spiro atoms. The first-order chi connectivity index (χ1) is 11.3. The molecule has 1 aliphatic carbocycles. The summed E-state index contributed by atoms with van der Waals surface area (Å²) in [4.78, 5) is 17.1. The van der Waals surface area contributed by atoms with Crippen molar-refractivity contribution >= 4 is 22.6 Å². The van der Waals surface area contributed by atoms with Crippen LogP contribution in [0.15, 0.2) is 60.7 Å². The molecule has 1 heterocycles. The van der Waals surface area contributed by atoms with E-state index in [0.29, 0.717) is 11.0 Å². The zero-order valence-corrected chi connectivity index (χ0v) is 13.2. The quantitative estimate of drug-likeness (QED) is 0.793. The smallest absolute Gasteiger partial charge is 0.236 e. The predicted molar refractivity (Wildman–Crippen MR) is 91.3 cm³/mol. The molecule has 1 fully saturated rings. The van der Waals surface area contributed by atoms with Crippen molar-refractivity contribution in [1.82, 2.24) is 9.36 Å². The molecule has 0 saturated heterocycles. The number of aromatic nitrogens is 2. The van der Waals surface area contributed by atoms with Gasteiger partial charge in [-0.05, 0) is 18.4 Å². The number of rotatable bonds is 4. The maximum atomic E-state index is 12.7. The summed E-state index contributed by atoms with van der Waals surface area (Å²) in [7, 11) is 0. The molecule has 23 heavy (non-hydrogen) atoms. The van der Waals surface area contributed by atoms with Gasteiger partial charge in [0, 0.05) is 17.1 Å². The van der Waals surface area contributed by atoms with Crippen molar-refractivity contribution in [3.05, 3.63) is 66.2 Å². The van der Waals surface area contributed by atoms with Gasteiger partial charge in [-0.25, -0.2) is 0 Å². The third-order valence-electron chi connectivity index (χ3n) is 4.19. The van der Waals surface area contributed by atoms with Crippen molar-refractivity contribution in [3.8, 4) is 11.4 Å². The standard InChI is InChI=1S/C18H15N3OS/c22-16(18(11-12-18)14-9-5-2-6-10-14)20-17-19-15(21-23-17)13-7-3-1-4-8-13/h1-10H,11-12H2,(H,19,20,21,22). The number of anilines is 1. The van der Waals surface area contributed by atoms with Crippen LogP contribution in [0.1, 0.15) is 18.4 Å². The lowest BCUT2D eigenvalue weighted by atomic mass is 9.95. The third-order valence-corrected chi connectivity index (χ3v) is 4.82. The molecule has 0 bridgehead atoms. The van der Waals surface area contributed by atoms with Crippen LogP contribution in [0.5, 0.6) is 0 Å². The molecule has 0 unspecified atom stereocenters. The average molecular weight is 321 g/mol. The molecule has 1 aromatic heterocycles. The summed E-state index contributed by atoms with van der Waals surface area (Å²) in [6.45, 7) is 0. The number of nitrogens with zero attached hydrogens (tertiary/aromatic N) is 2. The number of benzene rings is 2. The maximum absolute atomic E-state index is 12.7. The molecule has 2 aromatic carbocycles. The van der Waals surface area contributed by atoms with Crippen LogP contribution in [0, 0.1) is 0 Å². The fourth-order valence-corrected chi connectivity index (χ4v) is 3.31. The third kappa shape index (κ3) is 2.64. The van der Waals surface area contributed by atoms with Crippen LogP contribution in [-0.4, -0.2) is 15.3 Å². The summed E-state index contributed by atoms with van der Waals surface area (Å²) < 4.78 is 4.33. The van der Waals surface area contributed by atoms with Gasteiger partial charge in [0.05, 0.1) is 5.41 Å². The number of nitrogens with one attached hydrogen (secondary N) is 1. The highest BCUT2D eigenvalue weighted by molar-refractivity contribution is 7.10. The van der Waals surface area contributed by atoms with Gasteiger partial charge in [-0.15, -0.1) is 0 Å². The van der Waals surface area contributed by atoms with Gasteiger partial charge in [0.2, 0.25) is 11.0 Å². The summed E-state index contributed by atoms with van der Waals surface area (Å²) >= 11 is 1.22. The molecular formula is C18H15N3OS. The van der Waals surface area contributed by atoms with E-state index in [0.717, 1.165) is 24.0 Å². The zero-order valence-electron chi connectivity index (χ0n) is 12.4. The normalized spacial score (nSPS) is 15.1. The number of amides is 1. The van der Waals surface area contributed by atoms with Gasteiger partial charge >= 0.3 is 0 Å². The second kappa shape index (κ2) is 5.59. The molecule has 3 aromatic rings. The molecule has 0 atom stereocenters. The Kier molecular flexibility index (Phi) is 3.42. The Morgan fingerprint density at radius 2 is 1.65 bits per heavy atom. The van der Waals surface area contributed by atoms with E-state index in [1.807, 2.05) is 60.7 Å². The summed E-state index contributed by atoms with van der Waals surface area (Å²) in [5, 5.41) is 3.49. The molecule has 114 valence electrons. The van der Waals surface area contributed by atoms with E-state index in [9.17, 15) is 4.79 Å². The van der Waals surface area contributed by atoms with Crippen molar-refractivity contribution in [2.75, 3.05) is 5.32 Å². The lowest BCUT2D eigenvalue weighted by Gasteiger charge is -2.14. The van der Waals surface area contributed by atoms with Crippen molar-refractivity contribution in [1.29, 1.82) is 0 Å². The van der Waals surface area contributed by atoms with Crippen LogP contribution < -0.4 is 5.32 Å². The monoisotopic (exact) mass is 321 g/mol. The van der Waals surface area contributed by atoms with Crippen LogP contribution in [0.2, 0.25) is 0 Å². The van der Waals surface area contributed by atoms with Crippen molar-refractivity contribution in [2.24, 2.45) is 0 Å². The molecular weight excluding hydrogens is 306 g/mol. The van der Waals surface area contributed by atoms with Crippen LogP contribution in [-0.2, 0) is 10.2 Å². The van der Waals surface area contributed by atoms with Gasteiger partial charge in [0.15, 0.2) is 5.82 Å². The molecule has 5 heteroatoms. The van der Waals surface area contributed by atoms with Crippen LogP contribution in [0.3, 0.4) is 0 Å². The summed E-state index contributed by atoms with van der Waals surface area (Å²) in [6, 6.07) is 19.7. The minimum Gasteiger partial charge on any atom is -0.300 e. The fourth-order valence-electron chi connectivity index (χ4n) is 2.72. The molecule has 1 saturated carbocycles. The number of hydrogen-bond acceptors (Lipinski definition) is 4. The van der Waals surface area contributed by atoms with Crippen molar-refractivity contribution < 1.29 is 4.79 Å². The lowest BCUT2D eigenvalue weighted by Crippen LogP contribution is -2.27. The minimum atomic E-state index is -0.389. The van der Waals surface area contributed by atoms with Crippen molar-refractivity contribution in [3.63, 3.8) is 0 Å². The minimum absolute atomic E-state index is 0.0134. The maximum Gasteiger partial charge on any atom is 0.236 e. The summed E-state index contributed by atoms with van der Waals surface area (Å²) in [5.74, 6) is 0.662. The first-order valence-electron chi connectivity index (χ1n) is 7.54. The van der Waals surface area contributed by atoms with Gasteiger partial charge < -0.3 is 0 Å². The largest absolute Gasteiger partial charge is 0.300 e. The second-order valence-corrected chi connectivity index (χ2v) is 6.44. The molecule has 0 aliphatic heterocycles. The van der Waals surface area contributed by atoms with Gasteiger partial charge in [0.1, 0.15) is 0 Å². The van der Waals surface area contributed by atoms with Crippen LogP contribution in [0.25, 0.3) is 11.4 Å². The van der Waals surface area contributed by atoms with E-state index >= 15 is 0 Å². The Morgan fingerprint density at radius 3 is 2.30 bits per heavy atom. The number of carbonyl (C=O) groups is 1. The highest BCUT2D eigenvalue weighted by Crippen LogP contribution is 2.49. The number of hydrogen-bond donors (Lipinski definition) is 1. The van der Waals surface area contributed by atoms with E-state index < -0.39 is 0 Å². The average Bonchev–Trinajstić information content (AvgIpc) is 3.30. The van der Waals surface area contributed by atoms with Crippen LogP contribution in [0.4, 0.5) is 5.13 Å². The molecule has 4 nitrogen and oxygen atoms in total. The molecule has 0 radical (unpaired) electrons. The van der Waals surface area contributed by atoms with E-state index in [1.165, 1.54) is 11.5 Å². The number of carbonyl (C=O) groups excluding carboxylic acids is 1. The van der Waals surface area contributed by atoms with E-state index in [4.69, 9.17) is 0 Å². The molecule has 4 rings (SSSR count). The Labute approximate surface area is 138 Å². The molecule has 1 aliphatic rings. The van der Waals surface area contributed by atoms with Gasteiger partial charge in [-0.2, -0.15) is 9.36 Å². The first-order valence-corrected chi connectivity index (χ1v) is 8.31. The van der Waals surface area contributed by atoms with Gasteiger partial charge in [-0.3, -0.25) is 10.1 Å². The van der Waals surface area contributed by atoms with E-state index in [2.05, 4.69) is 14.7 Å². The first kappa shape index (κ1) is 14.1. The Bertz CT molecular complexity index is 826. The highest BCUT2D eigenvalue weighted by atomic mass is 32.1. The van der Waals surface area contributed by atoms with E-state index in [-0.39, 0.29) is 11.3 Å². The van der Waals surface area contributed by atoms with Gasteiger partial charge in [-0.1, -0.05) is 60.7 Å². The summed E-state index contributed by atoms with van der Waals surface area (Å²) in [6.07, 6.45) is 1.76. The lowest BCUT2D eigenvalue weighted by molar-refractivity contribution is -0.118. The Hall–Kier alpha value is -2.53. The zero-order chi connectivity index (χ0) is 15.7. The topological polar surface area (TPSA) is 54.9 Å². The van der Waals surface area contributed by atoms with Crippen LogP contribution >= 0.6 is 11.5 Å².